The first-order chi connectivity index (χ1) is 8.44. The van der Waals surface area contributed by atoms with E-state index in [1.165, 1.54) is 0 Å². The fraction of sp³-hybridized carbons (Fsp3) is 0.714. The molecule has 2 N–H and O–H groups in total. The molecule has 0 aromatic heterocycles. The molecule has 0 aliphatic carbocycles. The van der Waals surface area contributed by atoms with Crippen LogP contribution in [0.4, 0.5) is 0 Å². The minimum absolute atomic E-state index is 0.0388. The zero-order chi connectivity index (χ0) is 13.8. The average Bonchev–Trinajstić information content (AvgIpc) is 2.38. The standard InChI is InChI=1S/C14H26NO2Si/c1-5-9-12(16)13(15,6-2)14(18(3)4)10-7-8-11-17-14/h5,9,18H,2,6-8,10-11,15H2,1,3-4H3. The zero-order valence-corrected chi connectivity index (χ0v) is 13.0. The molecule has 0 saturated carbocycles. The molecule has 103 valence electrons. The summed E-state index contributed by atoms with van der Waals surface area (Å²) in [6.07, 6.45) is 6.76. The summed E-state index contributed by atoms with van der Waals surface area (Å²) in [5.74, 6) is -0.0388. The van der Waals surface area contributed by atoms with Gasteiger partial charge in [0, 0.05) is 6.61 Å². The quantitative estimate of drug-likeness (QED) is 0.613. The molecule has 1 heterocycles. The van der Waals surface area contributed by atoms with Gasteiger partial charge in [-0.2, -0.15) is 0 Å². The summed E-state index contributed by atoms with van der Waals surface area (Å²) in [6, 6.07) is 0. The number of hydrogen-bond donors (Lipinski definition) is 1. The molecule has 1 rings (SSSR count). The summed E-state index contributed by atoms with van der Waals surface area (Å²) < 4.78 is 6.09. The number of carbonyl (C=O) groups excluding carboxylic acids is 1. The van der Waals surface area contributed by atoms with Gasteiger partial charge in [-0.25, -0.2) is 0 Å². The van der Waals surface area contributed by atoms with Crippen molar-refractivity contribution in [2.45, 2.75) is 56.5 Å². The maximum atomic E-state index is 12.4. The molecule has 0 aromatic carbocycles. The lowest BCUT2D eigenvalue weighted by Crippen LogP contribution is -2.71. The second-order valence-corrected chi connectivity index (χ2v) is 8.68. The van der Waals surface area contributed by atoms with E-state index >= 15 is 0 Å². The van der Waals surface area contributed by atoms with Gasteiger partial charge in [0.25, 0.3) is 0 Å². The number of ketones is 1. The topological polar surface area (TPSA) is 52.3 Å². The Labute approximate surface area is 112 Å². The van der Waals surface area contributed by atoms with Gasteiger partial charge in [-0.3, -0.25) is 4.79 Å². The molecule has 1 radical (unpaired) electrons. The molecule has 0 aromatic rings. The van der Waals surface area contributed by atoms with Gasteiger partial charge in [0.2, 0.25) is 0 Å². The molecule has 0 amide bonds. The van der Waals surface area contributed by atoms with E-state index in [-0.39, 0.29) is 5.78 Å². The van der Waals surface area contributed by atoms with Gasteiger partial charge >= 0.3 is 0 Å². The lowest BCUT2D eigenvalue weighted by molar-refractivity contribution is -0.133. The van der Waals surface area contributed by atoms with Crippen molar-refractivity contribution in [1.29, 1.82) is 0 Å². The van der Waals surface area contributed by atoms with Crippen LogP contribution < -0.4 is 5.73 Å². The Balaban J connectivity index is 3.18. The van der Waals surface area contributed by atoms with E-state index in [4.69, 9.17) is 10.5 Å². The molecular weight excluding hydrogens is 242 g/mol. The van der Waals surface area contributed by atoms with Crippen molar-refractivity contribution in [2.24, 2.45) is 5.73 Å². The van der Waals surface area contributed by atoms with Gasteiger partial charge in [-0.05, 0) is 38.7 Å². The minimum Gasteiger partial charge on any atom is -0.376 e. The lowest BCUT2D eigenvalue weighted by Gasteiger charge is -2.51. The first-order valence-corrected chi connectivity index (χ1v) is 9.72. The third kappa shape index (κ3) is 2.46. The Hall–Kier alpha value is -0.453. The SMILES string of the molecule is [CH2]CC(N)(C(=O)C=CC)C1([SiH](C)C)CCCCO1. The maximum absolute atomic E-state index is 12.4. The number of hydrogen-bond acceptors (Lipinski definition) is 3. The smallest absolute Gasteiger partial charge is 0.177 e. The minimum atomic E-state index is -1.25. The number of rotatable bonds is 5. The fourth-order valence-corrected chi connectivity index (χ4v) is 5.53. The van der Waals surface area contributed by atoms with Crippen LogP contribution in [0.25, 0.3) is 0 Å². The number of ether oxygens (including phenoxy) is 1. The third-order valence-corrected chi connectivity index (χ3v) is 6.98. The Morgan fingerprint density at radius 2 is 2.22 bits per heavy atom. The highest BCUT2D eigenvalue weighted by Gasteiger charge is 2.55. The van der Waals surface area contributed by atoms with Gasteiger partial charge in [0.1, 0.15) is 5.54 Å². The average molecular weight is 268 g/mol. The van der Waals surface area contributed by atoms with E-state index in [2.05, 4.69) is 20.0 Å². The molecule has 4 heteroatoms. The van der Waals surface area contributed by atoms with E-state index < -0.39 is 19.6 Å². The monoisotopic (exact) mass is 268 g/mol. The molecule has 3 nitrogen and oxygen atoms in total. The summed E-state index contributed by atoms with van der Waals surface area (Å²) >= 11 is 0. The van der Waals surface area contributed by atoms with Crippen molar-refractivity contribution in [1.82, 2.24) is 0 Å². The van der Waals surface area contributed by atoms with Crippen LogP contribution in [0.3, 0.4) is 0 Å². The number of allylic oxidation sites excluding steroid dienone is 1. The van der Waals surface area contributed by atoms with E-state index in [1.807, 2.05) is 6.92 Å². The van der Waals surface area contributed by atoms with E-state index in [1.54, 1.807) is 12.2 Å². The molecule has 1 aliphatic rings. The van der Waals surface area contributed by atoms with Crippen LogP contribution >= 0.6 is 0 Å². The first-order valence-electron chi connectivity index (χ1n) is 6.84. The predicted molar refractivity (Wildman–Crippen MR) is 78.1 cm³/mol. The van der Waals surface area contributed by atoms with Crippen LogP contribution in [-0.4, -0.2) is 32.0 Å². The second-order valence-electron chi connectivity index (χ2n) is 5.44. The fourth-order valence-electron chi connectivity index (χ4n) is 2.98. The van der Waals surface area contributed by atoms with Crippen LogP contribution in [0.5, 0.6) is 0 Å². The van der Waals surface area contributed by atoms with Crippen LogP contribution in [0, 0.1) is 6.92 Å². The molecule has 18 heavy (non-hydrogen) atoms. The van der Waals surface area contributed by atoms with Gasteiger partial charge < -0.3 is 10.5 Å². The van der Waals surface area contributed by atoms with Crippen molar-refractivity contribution in [3.63, 3.8) is 0 Å². The van der Waals surface area contributed by atoms with Gasteiger partial charge in [-0.15, -0.1) is 0 Å². The molecule has 2 unspecified atom stereocenters. The van der Waals surface area contributed by atoms with Crippen LogP contribution in [-0.2, 0) is 9.53 Å². The third-order valence-electron chi connectivity index (χ3n) is 4.14. The predicted octanol–water partition coefficient (Wildman–Crippen LogP) is 2.02. The van der Waals surface area contributed by atoms with Crippen molar-refractivity contribution in [3.05, 3.63) is 19.1 Å². The van der Waals surface area contributed by atoms with Crippen molar-refractivity contribution >= 4 is 14.6 Å². The normalized spacial score (nSPS) is 28.6. The Bertz CT molecular complexity index is 322. The van der Waals surface area contributed by atoms with E-state index in [9.17, 15) is 4.79 Å². The largest absolute Gasteiger partial charge is 0.376 e. The van der Waals surface area contributed by atoms with Crippen molar-refractivity contribution in [3.8, 4) is 0 Å². The molecular formula is C14H26NO2Si. The van der Waals surface area contributed by atoms with Crippen LogP contribution in [0.2, 0.25) is 13.1 Å². The molecule has 1 aliphatic heterocycles. The highest BCUT2D eigenvalue weighted by Crippen LogP contribution is 2.38. The summed E-state index contributed by atoms with van der Waals surface area (Å²) in [5, 5.41) is -0.441. The first kappa shape index (κ1) is 15.6. The second kappa shape index (κ2) is 6.13. The molecule has 0 bridgehead atoms. The van der Waals surface area contributed by atoms with E-state index in [0.717, 1.165) is 19.3 Å². The Kier molecular flexibility index (Phi) is 5.31. The highest BCUT2D eigenvalue weighted by atomic mass is 28.3. The Morgan fingerprint density at radius 3 is 2.61 bits per heavy atom. The molecule has 0 spiro atoms. The number of carbonyl (C=O) groups is 1. The maximum Gasteiger partial charge on any atom is 0.177 e. The Morgan fingerprint density at radius 1 is 1.56 bits per heavy atom. The van der Waals surface area contributed by atoms with Crippen molar-refractivity contribution < 1.29 is 9.53 Å². The molecule has 1 saturated heterocycles. The van der Waals surface area contributed by atoms with E-state index in [0.29, 0.717) is 13.0 Å². The highest BCUT2D eigenvalue weighted by molar-refractivity contribution is 6.60. The van der Waals surface area contributed by atoms with Gasteiger partial charge in [0.15, 0.2) is 5.78 Å². The number of nitrogens with two attached hydrogens (primary N) is 1. The van der Waals surface area contributed by atoms with Gasteiger partial charge in [0.05, 0.1) is 14.0 Å². The van der Waals surface area contributed by atoms with Crippen molar-refractivity contribution in [2.75, 3.05) is 6.61 Å². The summed E-state index contributed by atoms with van der Waals surface area (Å²) in [5.41, 5.74) is 5.53. The summed E-state index contributed by atoms with van der Waals surface area (Å²) in [7, 11) is -1.25. The zero-order valence-electron chi connectivity index (χ0n) is 11.9. The molecule has 2 atom stereocenters. The molecule has 1 fully saturated rings. The lowest BCUT2D eigenvalue weighted by atomic mass is 9.81. The van der Waals surface area contributed by atoms with Crippen LogP contribution in [0.15, 0.2) is 12.2 Å². The summed E-state index contributed by atoms with van der Waals surface area (Å²) in [4.78, 5) is 12.4. The summed E-state index contributed by atoms with van der Waals surface area (Å²) in [6.45, 7) is 10.9. The van der Waals surface area contributed by atoms with Gasteiger partial charge in [-0.1, -0.05) is 26.1 Å². The van der Waals surface area contributed by atoms with Crippen LogP contribution in [0.1, 0.15) is 32.6 Å².